The van der Waals surface area contributed by atoms with Crippen molar-refractivity contribution < 1.29 is 14.3 Å². The number of carbonyl (C=O) groups excluding carboxylic acids is 2. The largest absolute Gasteiger partial charge is 0.482 e. The van der Waals surface area contributed by atoms with Crippen LogP contribution in [0.25, 0.3) is 0 Å². The van der Waals surface area contributed by atoms with E-state index in [4.69, 9.17) is 4.74 Å². The highest BCUT2D eigenvalue weighted by Crippen LogP contribution is 2.30. The van der Waals surface area contributed by atoms with Crippen molar-refractivity contribution in [3.8, 4) is 5.75 Å². The standard InChI is InChI=1S/C16H20N6O3/c1-9(11-4-5-13-12(6-11)20-14(23)7-25-13)18-16(24)19-10(2)15-21-17-8-22(15)3/h4-6,8-10H,7H2,1-3H3,(H,20,23)(H2,18,19,24)/t9-,10+/m0/s1. The van der Waals surface area contributed by atoms with Crippen LogP contribution >= 0.6 is 0 Å². The van der Waals surface area contributed by atoms with Gasteiger partial charge in [0.15, 0.2) is 12.4 Å². The van der Waals surface area contributed by atoms with Crippen LogP contribution in [0, 0.1) is 0 Å². The van der Waals surface area contributed by atoms with Gasteiger partial charge in [0.2, 0.25) is 0 Å². The maximum Gasteiger partial charge on any atom is 0.315 e. The van der Waals surface area contributed by atoms with E-state index < -0.39 is 0 Å². The molecule has 0 saturated carbocycles. The molecule has 0 fully saturated rings. The number of hydrogen-bond donors (Lipinski definition) is 3. The maximum atomic E-state index is 12.2. The van der Waals surface area contributed by atoms with Crippen LogP contribution in [0.3, 0.4) is 0 Å². The Hall–Kier alpha value is -3.10. The van der Waals surface area contributed by atoms with Crippen molar-refractivity contribution in [1.29, 1.82) is 0 Å². The SMILES string of the molecule is C[C@H](NC(=O)N[C@H](C)c1nncn1C)c1ccc2c(c1)NC(=O)CO2. The smallest absolute Gasteiger partial charge is 0.315 e. The molecule has 132 valence electrons. The van der Waals surface area contributed by atoms with Crippen molar-refractivity contribution in [2.45, 2.75) is 25.9 Å². The number of fused-ring (bicyclic) bond motifs is 1. The fraction of sp³-hybridized carbons (Fsp3) is 0.375. The summed E-state index contributed by atoms with van der Waals surface area (Å²) < 4.78 is 7.08. The van der Waals surface area contributed by atoms with Crippen LogP contribution in [0.2, 0.25) is 0 Å². The number of aromatic nitrogens is 3. The van der Waals surface area contributed by atoms with E-state index in [-0.39, 0.29) is 30.6 Å². The van der Waals surface area contributed by atoms with Crippen LogP contribution in [0.5, 0.6) is 5.75 Å². The van der Waals surface area contributed by atoms with E-state index in [0.29, 0.717) is 17.3 Å². The number of benzene rings is 1. The van der Waals surface area contributed by atoms with Gasteiger partial charge in [-0.25, -0.2) is 4.79 Å². The number of amides is 3. The summed E-state index contributed by atoms with van der Waals surface area (Å²) in [4.78, 5) is 23.6. The molecule has 2 heterocycles. The molecule has 2 atom stereocenters. The first-order valence-corrected chi connectivity index (χ1v) is 7.91. The lowest BCUT2D eigenvalue weighted by atomic mass is 10.1. The number of rotatable bonds is 4. The first-order chi connectivity index (χ1) is 11.9. The minimum atomic E-state index is -0.319. The lowest BCUT2D eigenvalue weighted by molar-refractivity contribution is -0.118. The predicted octanol–water partition coefficient (Wildman–Crippen LogP) is 1.27. The number of ether oxygens (including phenoxy) is 1. The molecule has 1 aromatic heterocycles. The first-order valence-electron chi connectivity index (χ1n) is 7.91. The summed E-state index contributed by atoms with van der Waals surface area (Å²) in [5.41, 5.74) is 1.46. The predicted molar refractivity (Wildman–Crippen MR) is 90.1 cm³/mol. The van der Waals surface area contributed by atoms with Crippen molar-refractivity contribution in [1.82, 2.24) is 25.4 Å². The zero-order valence-corrected chi connectivity index (χ0v) is 14.2. The number of urea groups is 1. The summed E-state index contributed by atoms with van der Waals surface area (Å²) in [6.07, 6.45) is 1.58. The lowest BCUT2D eigenvalue weighted by Gasteiger charge is -2.21. The van der Waals surface area contributed by atoms with Crippen molar-refractivity contribution in [2.24, 2.45) is 7.05 Å². The Morgan fingerprint density at radius 3 is 2.80 bits per heavy atom. The third-order valence-corrected chi connectivity index (χ3v) is 3.97. The third kappa shape index (κ3) is 3.70. The highest BCUT2D eigenvalue weighted by molar-refractivity contribution is 5.95. The molecule has 9 heteroatoms. The molecular weight excluding hydrogens is 324 g/mol. The van der Waals surface area contributed by atoms with Crippen molar-refractivity contribution >= 4 is 17.6 Å². The van der Waals surface area contributed by atoms with Crippen LogP contribution in [-0.2, 0) is 11.8 Å². The van der Waals surface area contributed by atoms with E-state index in [0.717, 1.165) is 5.56 Å². The molecule has 0 spiro atoms. The third-order valence-electron chi connectivity index (χ3n) is 3.97. The molecule has 3 amide bonds. The fourth-order valence-corrected chi connectivity index (χ4v) is 2.64. The van der Waals surface area contributed by atoms with Gasteiger partial charge in [0.05, 0.1) is 17.8 Å². The molecule has 1 aliphatic rings. The molecule has 3 rings (SSSR count). The van der Waals surface area contributed by atoms with Gasteiger partial charge in [0, 0.05) is 7.05 Å². The number of aryl methyl sites for hydroxylation is 1. The van der Waals surface area contributed by atoms with Crippen LogP contribution in [0.15, 0.2) is 24.5 Å². The monoisotopic (exact) mass is 344 g/mol. The average molecular weight is 344 g/mol. The highest BCUT2D eigenvalue weighted by atomic mass is 16.5. The zero-order chi connectivity index (χ0) is 18.0. The van der Waals surface area contributed by atoms with Crippen molar-refractivity contribution in [2.75, 3.05) is 11.9 Å². The molecule has 3 N–H and O–H groups in total. The van der Waals surface area contributed by atoms with Gasteiger partial charge in [-0.2, -0.15) is 0 Å². The molecular formula is C16H20N6O3. The molecule has 0 bridgehead atoms. The van der Waals surface area contributed by atoms with Crippen molar-refractivity contribution in [3.63, 3.8) is 0 Å². The van der Waals surface area contributed by atoms with Gasteiger partial charge in [0.25, 0.3) is 5.91 Å². The maximum absolute atomic E-state index is 12.2. The Balaban J connectivity index is 1.63. The normalized spacial score (nSPS) is 15.4. The van der Waals surface area contributed by atoms with Crippen LogP contribution < -0.4 is 20.7 Å². The molecule has 2 aromatic rings. The molecule has 25 heavy (non-hydrogen) atoms. The Morgan fingerprint density at radius 1 is 1.32 bits per heavy atom. The minimum absolute atomic E-state index is 0.0164. The van der Waals surface area contributed by atoms with Crippen LogP contribution in [0.1, 0.15) is 37.3 Å². The number of anilines is 1. The van der Waals surface area contributed by atoms with E-state index in [9.17, 15) is 9.59 Å². The minimum Gasteiger partial charge on any atom is -0.482 e. The zero-order valence-electron chi connectivity index (χ0n) is 14.2. The summed E-state index contributed by atoms with van der Waals surface area (Å²) in [6, 6.07) is 4.58. The molecule has 0 aliphatic carbocycles. The van der Waals surface area contributed by atoms with E-state index in [2.05, 4.69) is 26.1 Å². The van der Waals surface area contributed by atoms with Gasteiger partial charge in [-0.05, 0) is 31.5 Å². The molecule has 1 aromatic carbocycles. The molecule has 0 unspecified atom stereocenters. The number of nitrogens with zero attached hydrogens (tertiary/aromatic N) is 3. The molecule has 0 radical (unpaired) electrons. The van der Waals surface area contributed by atoms with Gasteiger partial charge in [-0.15, -0.1) is 10.2 Å². The van der Waals surface area contributed by atoms with Gasteiger partial charge in [0.1, 0.15) is 12.1 Å². The summed E-state index contributed by atoms with van der Waals surface area (Å²) in [5.74, 6) is 1.09. The van der Waals surface area contributed by atoms with Gasteiger partial charge >= 0.3 is 6.03 Å². The number of hydrogen-bond acceptors (Lipinski definition) is 5. The van der Waals surface area contributed by atoms with E-state index in [1.807, 2.05) is 27.0 Å². The summed E-state index contributed by atoms with van der Waals surface area (Å²) >= 11 is 0. The number of carbonyl (C=O) groups is 2. The Bertz CT molecular complexity index is 803. The van der Waals surface area contributed by atoms with Crippen molar-refractivity contribution in [3.05, 3.63) is 35.9 Å². The van der Waals surface area contributed by atoms with E-state index in [1.54, 1.807) is 23.0 Å². The molecule has 0 saturated heterocycles. The quantitative estimate of drug-likeness (QED) is 0.773. The van der Waals surface area contributed by atoms with Crippen LogP contribution in [0.4, 0.5) is 10.5 Å². The second-order valence-electron chi connectivity index (χ2n) is 5.95. The second kappa shape index (κ2) is 6.80. The topological polar surface area (TPSA) is 110 Å². The highest BCUT2D eigenvalue weighted by Gasteiger charge is 2.19. The first kappa shape index (κ1) is 16.7. The van der Waals surface area contributed by atoms with Crippen LogP contribution in [-0.4, -0.2) is 33.3 Å². The summed E-state index contributed by atoms with van der Waals surface area (Å²) in [6.45, 7) is 3.71. The lowest BCUT2D eigenvalue weighted by Crippen LogP contribution is -2.39. The number of nitrogens with one attached hydrogen (secondary N) is 3. The Morgan fingerprint density at radius 2 is 2.08 bits per heavy atom. The van der Waals surface area contributed by atoms with Gasteiger partial charge < -0.3 is 25.3 Å². The second-order valence-corrected chi connectivity index (χ2v) is 5.95. The van der Waals surface area contributed by atoms with Gasteiger partial charge in [-0.3, -0.25) is 4.79 Å². The average Bonchev–Trinajstić information content (AvgIpc) is 3.00. The van der Waals surface area contributed by atoms with Gasteiger partial charge in [-0.1, -0.05) is 6.07 Å². The molecule has 1 aliphatic heterocycles. The fourth-order valence-electron chi connectivity index (χ4n) is 2.64. The molecule has 9 nitrogen and oxygen atoms in total. The summed E-state index contributed by atoms with van der Waals surface area (Å²) in [7, 11) is 1.82. The Labute approximate surface area is 144 Å². The Kier molecular flexibility index (Phi) is 4.55. The summed E-state index contributed by atoms with van der Waals surface area (Å²) in [5, 5.41) is 16.2. The van der Waals surface area contributed by atoms with E-state index in [1.165, 1.54) is 0 Å². The van der Waals surface area contributed by atoms with E-state index >= 15 is 0 Å².